The van der Waals surface area contributed by atoms with E-state index in [2.05, 4.69) is 20.3 Å². The SMILES string of the molecule is CCNc1nc(SCC(=O)c2cc(C)[nH]c2C)nc2ccccc12. The molecule has 3 aromatic rings. The quantitative estimate of drug-likeness (QED) is 0.403. The van der Waals surface area contributed by atoms with Crippen LogP contribution in [0.1, 0.15) is 28.7 Å². The van der Waals surface area contributed by atoms with Crippen LogP contribution in [0.2, 0.25) is 0 Å². The smallest absolute Gasteiger partial charge is 0.190 e. The van der Waals surface area contributed by atoms with Gasteiger partial charge in [0.05, 0.1) is 11.3 Å². The number of hydrogen-bond donors (Lipinski definition) is 2. The lowest BCUT2D eigenvalue weighted by atomic mass is 10.2. The molecule has 124 valence electrons. The number of para-hydroxylation sites is 1. The van der Waals surface area contributed by atoms with Gasteiger partial charge in [-0.15, -0.1) is 0 Å². The number of fused-ring (bicyclic) bond motifs is 1. The van der Waals surface area contributed by atoms with E-state index in [0.717, 1.165) is 40.2 Å². The Morgan fingerprint density at radius 3 is 2.75 bits per heavy atom. The Kier molecular flexibility index (Phi) is 4.85. The zero-order valence-corrected chi connectivity index (χ0v) is 14.8. The number of carbonyl (C=O) groups is 1. The second kappa shape index (κ2) is 7.05. The Bertz CT molecular complexity index is 888. The van der Waals surface area contributed by atoms with Gasteiger partial charge in [0.2, 0.25) is 0 Å². The standard InChI is InChI=1S/C18H20N4OS/c1-4-19-17-13-7-5-6-8-15(13)21-18(22-17)24-10-16(23)14-9-11(2)20-12(14)3/h5-9,20H,4,10H2,1-3H3,(H,19,21,22). The van der Waals surface area contributed by atoms with Gasteiger partial charge < -0.3 is 10.3 Å². The lowest BCUT2D eigenvalue weighted by molar-refractivity contribution is 0.102. The number of hydrogen-bond acceptors (Lipinski definition) is 5. The molecule has 2 N–H and O–H groups in total. The van der Waals surface area contributed by atoms with Crippen LogP contribution in [0.3, 0.4) is 0 Å². The maximum Gasteiger partial charge on any atom is 0.190 e. The summed E-state index contributed by atoms with van der Waals surface area (Å²) in [6, 6.07) is 9.78. The number of Topliss-reactive ketones (excluding diaryl/α,β-unsaturated/α-hetero) is 1. The molecule has 0 radical (unpaired) electrons. The highest BCUT2D eigenvalue weighted by Gasteiger charge is 2.14. The fraction of sp³-hybridized carbons (Fsp3) is 0.278. The number of rotatable bonds is 6. The Labute approximate surface area is 145 Å². The van der Waals surface area contributed by atoms with Gasteiger partial charge in [0, 0.05) is 28.9 Å². The topological polar surface area (TPSA) is 70.7 Å². The average molecular weight is 340 g/mol. The lowest BCUT2D eigenvalue weighted by Crippen LogP contribution is -2.06. The fourth-order valence-corrected chi connectivity index (χ4v) is 3.38. The van der Waals surface area contributed by atoms with Crippen LogP contribution in [0.5, 0.6) is 0 Å². The van der Waals surface area contributed by atoms with Gasteiger partial charge in [-0.25, -0.2) is 9.97 Å². The predicted octanol–water partition coefficient (Wildman–Crippen LogP) is 3.98. The number of ketones is 1. The lowest BCUT2D eigenvalue weighted by Gasteiger charge is -2.09. The summed E-state index contributed by atoms with van der Waals surface area (Å²) in [5, 5.41) is 4.87. The summed E-state index contributed by atoms with van der Waals surface area (Å²) in [4.78, 5) is 24.7. The second-order valence-electron chi connectivity index (χ2n) is 5.61. The Morgan fingerprint density at radius 1 is 1.25 bits per heavy atom. The van der Waals surface area contributed by atoms with Crippen molar-refractivity contribution in [2.24, 2.45) is 0 Å². The van der Waals surface area contributed by atoms with Gasteiger partial charge in [0.25, 0.3) is 0 Å². The van der Waals surface area contributed by atoms with E-state index in [9.17, 15) is 4.79 Å². The van der Waals surface area contributed by atoms with Crippen LogP contribution in [0.25, 0.3) is 10.9 Å². The van der Waals surface area contributed by atoms with Crippen molar-refractivity contribution in [2.75, 3.05) is 17.6 Å². The summed E-state index contributed by atoms with van der Waals surface area (Å²) in [5.74, 6) is 1.22. The van der Waals surface area contributed by atoms with Crippen molar-refractivity contribution in [3.05, 3.63) is 47.3 Å². The van der Waals surface area contributed by atoms with E-state index in [1.165, 1.54) is 11.8 Å². The van der Waals surface area contributed by atoms with Crippen LogP contribution in [0.15, 0.2) is 35.5 Å². The van der Waals surface area contributed by atoms with Gasteiger partial charge in [0.15, 0.2) is 10.9 Å². The van der Waals surface area contributed by atoms with Crippen molar-refractivity contribution in [2.45, 2.75) is 25.9 Å². The van der Waals surface area contributed by atoms with E-state index in [4.69, 9.17) is 0 Å². The van der Waals surface area contributed by atoms with Gasteiger partial charge in [-0.05, 0) is 39.0 Å². The van der Waals surface area contributed by atoms with Crippen molar-refractivity contribution in [1.29, 1.82) is 0 Å². The number of aromatic nitrogens is 3. The maximum absolute atomic E-state index is 12.4. The van der Waals surface area contributed by atoms with Crippen LogP contribution < -0.4 is 5.32 Å². The zero-order chi connectivity index (χ0) is 17.1. The van der Waals surface area contributed by atoms with Crippen molar-refractivity contribution in [3.8, 4) is 0 Å². The summed E-state index contributed by atoms with van der Waals surface area (Å²) in [5.41, 5.74) is 3.53. The van der Waals surface area contributed by atoms with Crippen LogP contribution >= 0.6 is 11.8 Å². The molecule has 0 saturated carbocycles. The van der Waals surface area contributed by atoms with Crippen LogP contribution in [-0.2, 0) is 0 Å². The minimum Gasteiger partial charge on any atom is -0.370 e. The van der Waals surface area contributed by atoms with E-state index < -0.39 is 0 Å². The first-order valence-corrected chi connectivity index (χ1v) is 8.90. The first-order valence-electron chi connectivity index (χ1n) is 7.91. The Morgan fingerprint density at radius 2 is 2.04 bits per heavy atom. The number of aryl methyl sites for hydroxylation is 2. The molecule has 0 amide bonds. The first kappa shape index (κ1) is 16.5. The Hall–Kier alpha value is -2.34. The Balaban J connectivity index is 1.82. The van der Waals surface area contributed by atoms with Crippen molar-refractivity contribution in [3.63, 3.8) is 0 Å². The van der Waals surface area contributed by atoms with E-state index in [0.29, 0.717) is 10.9 Å². The molecule has 0 unspecified atom stereocenters. The number of nitrogens with one attached hydrogen (secondary N) is 2. The molecule has 6 heteroatoms. The number of nitrogens with zero attached hydrogens (tertiary/aromatic N) is 2. The van der Waals surface area contributed by atoms with E-state index in [1.54, 1.807) is 0 Å². The molecule has 24 heavy (non-hydrogen) atoms. The largest absolute Gasteiger partial charge is 0.370 e. The molecule has 0 aliphatic rings. The molecule has 2 heterocycles. The highest BCUT2D eigenvalue weighted by Crippen LogP contribution is 2.25. The third-order valence-corrected chi connectivity index (χ3v) is 4.56. The molecule has 0 fully saturated rings. The molecule has 0 saturated heterocycles. The molecule has 0 spiro atoms. The minimum absolute atomic E-state index is 0.0867. The molecular weight excluding hydrogens is 320 g/mol. The number of carbonyl (C=O) groups excluding carboxylic acids is 1. The van der Waals surface area contributed by atoms with Gasteiger partial charge in [0.1, 0.15) is 5.82 Å². The molecule has 5 nitrogen and oxygen atoms in total. The monoisotopic (exact) mass is 340 g/mol. The maximum atomic E-state index is 12.4. The summed E-state index contributed by atoms with van der Waals surface area (Å²) in [7, 11) is 0. The highest BCUT2D eigenvalue weighted by atomic mass is 32.2. The normalized spacial score (nSPS) is 11.0. The first-order chi connectivity index (χ1) is 11.6. The average Bonchev–Trinajstić information content (AvgIpc) is 2.91. The number of thioether (sulfide) groups is 1. The number of anilines is 1. The van der Waals surface area contributed by atoms with Gasteiger partial charge in [-0.2, -0.15) is 0 Å². The number of benzene rings is 1. The summed E-state index contributed by atoms with van der Waals surface area (Å²) >= 11 is 1.37. The summed E-state index contributed by atoms with van der Waals surface area (Å²) < 4.78 is 0. The van der Waals surface area contributed by atoms with Crippen LogP contribution in [-0.4, -0.2) is 33.0 Å². The summed E-state index contributed by atoms with van der Waals surface area (Å²) in [6.07, 6.45) is 0. The molecule has 0 atom stereocenters. The van der Waals surface area contributed by atoms with Crippen LogP contribution in [0, 0.1) is 13.8 Å². The zero-order valence-electron chi connectivity index (χ0n) is 14.0. The fourth-order valence-electron chi connectivity index (χ4n) is 2.64. The molecule has 0 aliphatic heterocycles. The van der Waals surface area contributed by atoms with Crippen molar-refractivity contribution >= 4 is 34.3 Å². The van der Waals surface area contributed by atoms with E-state index >= 15 is 0 Å². The number of H-pyrrole nitrogens is 1. The molecular formula is C18H20N4OS. The molecule has 3 rings (SSSR count). The molecule has 0 bridgehead atoms. The predicted molar refractivity (Wildman–Crippen MR) is 99.0 cm³/mol. The van der Waals surface area contributed by atoms with Gasteiger partial charge >= 0.3 is 0 Å². The minimum atomic E-state index is 0.0867. The van der Waals surface area contributed by atoms with Gasteiger partial charge in [-0.3, -0.25) is 4.79 Å². The summed E-state index contributed by atoms with van der Waals surface area (Å²) in [6.45, 7) is 6.68. The second-order valence-corrected chi connectivity index (χ2v) is 6.55. The van der Waals surface area contributed by atoms with E-state index in [1.807, 2.05) is 51.1 Å². The molecule has 1 aromatic carbocycles. The third-order valence-electron chi connectivity index (χ3n) is 3.71. The molecule has 0 aliphatic carbocycles. The molecule has 2 aromatic heterocycles. The number of aromatic amines is 1. The third kappa shape index (κ3) is 3.43. The highest BCUT2D eigenvalue weighted by molar-refractivity contribution is 7.99. The van der Waals surface area contributed by atoms with Crippen molar-refractivity contribution in [1.82, 2.24) is 15.0 Å². The van der Waals surface area contributed by atoms with Crippen molar-refractivity contribution < 1.29 is 4.79 Å². The van der Waals surface area contributed by atoms with Gasteiger partial charge in [-0.1, -0.05) is 23.9 Å². The van der Waals surface area contributed by atoms with Crippen LogP contribution in [0.4, 0.5) is 5.82 Å². The van der Waals surface area contributed by atoms with E-state index in [-0.39, 0.29) is 5.78 Å².